The quantitative estimate of drug-likeness (QED) is 0.510. The minimum Gasteiger partial charge on any atom is -0.316 e. The molecule has 0 aliphatic rings. The van der Waals surface area contributed by atoms with Crippen LogP contribution in [-0.4, -0.2) is 34.0 Å². The maximum atomic E-state index is 4.03. The Balaban J connectivity index is 1.85. The fourth-order valence-electron chi connectivity index (χ4n) is 1.11. The molecule has 1 aromatic rings. The molecule has 1 rings (SSSR count). The molecule has 1 aromatic heterocycles. The van der Waals surface area contributed by atoms with Crippen LogP contribution in [0.15, 0.2) is 11.5 Å². The summed E-state index contributed by atoms with van der Waals surface area (Å²) in [5, 5.41) is 10.9. The predicted octanol–water partition coefficient (Wildman–Crippen LogP) is 1.68. The van der Waals surface area contributed by atoms with Gasteiger partial charge in [-0.1, -0.05) is 31.5 Å². The van der Waals surface area contributed by atoms with E-state index in [1.807, 2.05) is 0 Å². The Morgan fingerprint density at radius 1 is 1.43 bits per heavy atom. The van der Waals surface area contributed by atoms with Crippen LogP contribution in [-0.2, 0) is 0 Å². The van der Waals surface area contributed by atoms with E-state index >= 15 is 0 Å². The van der Waals surface area contributed by atoms with Crippen molar-refractivity contribution in [2.75, 3.05) is 18.8 Å². The molecule has 1 heterocycles. The lowest BCUT2D eigenvalue weighted by molar-refractivity contribution is 0.635. The Morgan fingerprint density at radius 3 is 3.07 bits per heavy atom. The molecule has 0 bridgehead atoms. The molecular weight excluding hydrogens is 196 g/mol. The summed E-state index contributed by atoms with van der Waals surface area (Å²) in [6.45, 7) is 4.39. The van der Waals surface area contributed by atoms with Crippen LogP contribution in [0.1, 0.15) is 26.2 Å². The van der Waals surface area contributed by atoms with E-state index in [2.05, 4.69) is 27.4 Å². The zero-order valence-corrected chi connectivity index (χ0v) is 9.44. The first-order chi connectivity index (χ1) is 6.93. The number of H-pyrrole nitrogens is 1. The van der Waals surface area contributed by atoms with Crippen molar-refractivity contribution in [2.45, 2.75) is 31.3 Å². The molecule has 4 nitrogen and oxygen atoms in total. The first kappa shape index (κ1) is 11.5. The van der Waals surface area contributed by atoms with Crippen molar-refractivity contribution in [3.8, 4) is 0 Å². The molecule has 0 aliphatic heterocycles. The molecule has 0 saturated heterocycles. The van der Waals surface area contributed by atoms with Gasteiger partial charge in [-0.3, -0.25) is 5.10 Å². The van der Waals surface area contributed by atoms with Gasteiger partial charge in [0.25, 0.3) is 0 Å². The Labute approximate surface area is 89.3 Å². The smallest absolute Gasteiger partial charge is 0.183 e. The van der Waals surface area contributed by atoms with Gasteiger partial charge < -0.3 is 5.32 Å². The molecule has 5 heteroatoms. The Kier molecular flexibility index (Phi) is 6.43. The monoisotopic (exact) mass is 214 g/mol. The zero-order chi connectivity index (χ0) is 10.1. The van der Waals surface area contributed by atoms with Crippen LogP contribution in [0.25, 0.3) is 0 Å². The molecule has 14 heavy (non-hydrogen) atoms. The van der Waals surface area contributed by atoms with Gasteiger partial charge in [-0.25, -0.2) is 4.98 Å². The summed E-state index contributed by atoms with van der Waals surface area (Å²) in [4.78, 5) is 4.03. The lowest BCUT2D eigenvalue weighted by atomic mass is 10.2. The molecule has 0 fully saturated rings. The number of aromatic nitrogens is 3. The second kappa shape index (κ2) is 7.82. The van der Waals surface area contributed by atoms with Gasteiger partial charge in [0.05, 0.1) is 0 Å². The van der Waals surface area contributed by atoms with Gasteiger partial charge in [-0.2, -0.15) is 5.10 Å². The SMILES string of the molecule is CCCCCNCCSc1ncn[nH]1. The molecular formula is C9H18N4S. The highest BCUT2D eigenvalue weighted by Crippen LogP contribution is 2.08. The summed E-state index contributed by atoms with van der Waals surface area (Å²) in [7, 11) is 0. The average Bonchev–Trinajstić information content (AvgIpc) is 2.69. The van der Waals surface area contributed by atoms with Crippen LogP contribution in [0.3, 0.4) is 0 Å². The largest absolute Gasteiger partial charge is 0.316 e. The molecule has 0 amide bonds. The minimum atomic E-state index is 0.903. The first-order valence-corrected chi connectivity index (χ1v) is 6.11. The Hall–Kier alpha value is -0.550. The Bertz CT molecular complexity index is 213. The van der Waals surface area contributed by atoms with E-state index in [-0.39, 0.29) is 0 Å². The summed E-state index contributed by atoms with van der Waals surface area (Å²) >= 11 is 1.70. The molecule has 0 unspecified atom stereocenters. The third-order valence-corrected chi connectivity index (χ3v) is 2.75. The van der Waals surface area contributed by atoms with Gasteiger partial charge in [-0.05, 0) is 13.0 Å². The second-order valence-corrected chi connectivity index (χ2v) is 4.18. The fraction of sp³-hybridized carbons (Fsp3) is 0.778. The van der Waals surface area contributed by atoms with Gasteiger partial charge in [-0.15, -0.1) is 0 Å². The van der Waals surface area contributed by atoms with Gasteiger partial charge >= 0.3 is 0 Å². The number of aromatic amines is 1. The van der Waals surface area contributed by atoms with Crippen LogP contribution in [0.5, 0.6) is 0 Å². The third-order valence-electron chi connectivity index (χ3n) is 1.87. The molecule has 0 spiro atoms. The van der Waals surface area contributed by atoms with E-state index in [1.54, 1.807) is 11.8 Å². The van der Waals surface area contributed by atoms with Crippen LogP contribution in [0.2, 0.25) is 0 Å². The van der Waals surface area contributed by atoms with E-state index in [9.17, 15) is 0 Å². The molecule has 0 atom stereocenters. The topological polar surface area (TPSA) is 53.6 Å². The molecule has 2 N–H and O–H groups in total. The number of rotatable bonds is 8. The number of unbranched alkanes of at least 4 members (excludes halogenated alkanes) is 2. The van der Waals surface area contributed by atoms with Crippen molar-refractivity contribution >= 4 is 11.8 Å². The number of hydrogen-bond donors (Lipinski definition) is 2. The van der Waals surface area contributed by atoms with Crippen LogP contribution in [0.4, 0.5) is 0 Å². The molecule has 0 radical (unpaired) electrons. The highest BCUT2D eigenvalue weighted by atomic mass is 32.2. The van der Waals surface area contributed by atoms with Crippen LogP contribution < -0.4 is 5.32 Å². The normalized spacial score (nSPS) is 10.6. The first-order valence-electron chi connectivity index (χ1n) is 5.12. The zero-order valence-electron chi connectivity index (χ0n) is 8.62. The van der Waals surface area contributed by atoms with Crippen molar-refractivity contribution in [1.29, 1.82) is 0 Å². The van der Waals surface area contributed by atoms with Gasteiger partial charge in [0, 0.05) is 12.3 Å². The standard InChI is InChI=1S/C9H18N4S/c1-2-3-4-5-10-6-7-14-9-11-8-12-13-9/h8,10H,2-7H2,1H3,(H,11,12,13). The molecule has 0 aromatic carbocycles. The molecule has 0 saturated carbocycles. The number of thioether (sulfide) groups is 1. The van der Waals surface area contributed by atoms with Gasteiger partial charge in [0.15, 0.2) is 5.16 Å². The molecule has 80 valence electrons. The highest BCUT2D eigenvalue weighted by Gasteiger charge is 1.94. The molecule has 0 aliphatic carbocycles. The summed E-state index contributed by atoms with van der Waals surface area (Å²) in [6, 6.07) is 0. The highest BCUT2D eigenvalue weighted by molar-refractivity contribution is 7.99. The van der Waals surface area contributed by atoms with Gasteiger partial charge in [0.1, 0.15) is 6.33 Å². The lowest BCUT2D eigenvalue weighted by Gasteiger charge is -2.02. The average molecular weight is 214 g/mol. The van der Waals surface area contributed by atoms with E-state index < -0.39 is 0 Å². The van der Waals surface area contributed by atoms with Crippen molar-refractivity contribution in [1.82, 2.24) is 20.5 Å². The summed E-state index contributed by atoms with van der Waals surface area (Å²) in [6.07, 6.45) is 5.43. The fourth-order valence-corrected chi connectivity index (χ4v) is 1.79. The predicted molar refractivity (Wildman–Crippen MR) is 59.5 cm³/mol. The van der Waals surface area contributed by atoms with Crippen molar-refractivity contribution in [3.63, 3.8) is 0 Å². The van der Waals surface area contributed by atoms with Crippen molar-refractivity contribution < 1.29 is 0 Å². The third kappa shape index (κ3) is 5.24. The number of nitrogens with zero attached hydrogens (tertiary/aromatic N) is 2. The van der Waals surface area contributed by atoms with E-state index in [0.717, 1.165) is 24.0 Å². The Morgan fingerprint density at radius 2 is 2.36 bits per heavy atom. The maximum Gasteiger partial charge on any atom is 0.183 e. The minimum absolute atomic E-state index is 0.903. The number of hydrogen-bond acceptors (Lipinski definition) is 4. The van der Waals surface area contributed by atoms with Crippen molar-refractivity contribution in [3.05, 3.63) is 6.33 Å². The summed E-state index contributed by atoms with van der Waals surface area (Å²) < 4.78 is 0. The van der Waals surface area contributed by atoms with Crippen molar-refractivity contribution in [2.24, 2.45) is 0 Å². The maximum absolute atomic E-state index is 4.03. The summed E-state index contributed by atoms with van der Waals surface area (Å²) in [5.74, 6) is 1.04. The van der Waals surface area contributed by atoms with E-state index in [4.69, 9.17) is 0 Å². The van der Waals surface area contributed by atoms with E-state index in [1.165, 1.54) is 25.6 Å². The lowest BCUT2D eigenvalue weighted by Crippen LogP contribution is -2.18. The summed E-state index contributed by atoms with van der Waals surface area (Å²) in [5.41, 5.74) is 0. The number of nitrogens with one attached hydrogen (secondary N) is 2. The second-order valence-electron chi connectivity index (χ2n) is 3.10. The van der Waals surface area contributed by atoms with E-state index in [0.29, 0.717) is 0 Å². The van der Waals surface area contributed by atoms with Gasteiger partial charge in [0.2, 0.25) is 0 Å². The van der Waals surface area contributed by atoms with Crippen LogP contribution >= 0.6 is 11.8 Å². The van der Waals surface area contributed by atoms with Crippen LogP contribution in [0, 0.1) is 0 Å².